The molecule has 1 aromatic carbocycles. The van der Waals surface area contributed by atoms with Gasteiger partial charge in [0, 0.05) is 25.2 Å². The molecule has 0 spiro atoms. The molecule has 0 amide bonds. The fourth-order valence-corrected chi connectivity index (χ4v) is 3.29. The van der Waals surface area contributed by atoms with Crippen molar-refractivity contribution in [2.24, 2.45) is 4.99 Å². The number of hydrogen-bond acceptors (Lipinski definition) is 5. The molecule has 0 aliphatic rings. The van der Waals surface area contributed by atoms with Gasteiger partial charge in [0.25, 0.3) is 0 Å². The molecule has 0 saturated carbocycles. The molecule has 2 rings (SSSR count). The van der Waals surface area contributed by atoms with E-state index in [-0.39, 0.29) is 0 Å². The summed E-state index contributed by atoms with van der Waals surface area (Å²) in [5.74, 6) is 3.35. The van der Waals surface area contributed by atoms with Crippen LogP contribution in [-0.2, 0) is 12.8 Å². The van der Waals surface area contributed by atoms with Gasteiger partial charge in [-0.25, -0.2) is 0 Å². The monoisotopic (exact) mass is 416 g/mol. The van der Waals surface area contributed by atoms with Crippen molar-refractivity contribution in [1.29, 1.82) is 0 Å². The molecule has 0 aliphatic carbocycles. The SMILES string of the molecule is CCNC(=NCCCc1ccc(OC)c(OCC)c1)NCCCc1c(C)noc1C. The number of aromatic nitrogens is 1. The average molecular weight is 417 g/mol. The first-order valence-corrected chi connectivity index (χ1v) is 10.8. The Morgan fingerprint density at radius 3 is 2.60 bits per heavy atom. The zero-order valence-electron chi connectivity index (χ0n) is 19.0. The predicted molar refractivity (Wildman–Crippen MR) is 121 cm³/mol. The molecular weight excluding hydrogens is 380 g/mol. The highest BCUT2D eigenvalue weighted by Crippen LogP contribution is 2.28. The summed E-state index contributed by atoms with van der Waals surface area (Å²) >= 11 is 0. The summed E-state index contributed by atoms with van der Waals surface area (Å²) in [4.78, 5) is 4.70. The normalized spacial score (nSPS) is 11.4. The molecule has 0 aliphatic heterocycles. The molecule has 2 N–H and O–H groups in total. The lowest BCUT2D eigenvalue weighted by molar-refractivity contribution is 0.310. The van der Waals surface area contributed by atoms with Crippen LogP contribution in [0.1, 0.15) is 49.3 Å². The summed E-state index contributed by atoms with van der Waals surface area (Å²) in [6.45, 7) is 11.1. The summed E-state index contributed by atoms with van der Waals surface area (Å²) in [6.07, 6.45) is 3.86. The first-order valence-electron chi connectivity index (χ1n) is 10.8. The highest BCUT2D eigenvalue weighted by Gasteiger charge is 2.08. The van der Waals surface area contributed by atoms with Crippen LogP contribution in [0.4, 0.5) is 0 Å². The summed E-state index contributed by atoms with van der Waals surface area (Å²) in [7, 11) is 1.66. The van der Waals surface area contributed by atoms with E-state index in [0.29, 0.717) is 6.61 Å². The van der Waals surface area contributed by atoms with Gasteiger partial charge < -0.3 is 24.6 Å². The lowest BCUT2D eigenvalue weighted by Gasteiger charge is -2.12. The molecule has 0 saturated heterocycles. The fraction of sp³-hybridized carbons (Fsp3) is 0.565. The summed E-state index contributed by atoms with van der Waals surface area (Å²) in [5, 5.41) is 10.7. The number of aryl methyl sites for hydroxylation is 3. The van der Waals surface area contributed by atoms with Gasteiger partial charge in [-0.1, -0.05) is 11.2 Å². The predicted octanol–water partition coefficient (Wildman–Crippen LogP) is 3.82. The van der Waals surface area contributed by atoms with Crippen LogP contribution in [0.25, 0.3) is 0 Å². The molecule has 30 heavy (non-hydrogen) atoms. The molecule has 1 aromatic heterocycles. The second kappa shape index (κ2) is 12.8. The smallest absolute Gasteiger partial charge is 0.191 e. The van der Waals surface area contributed by atoms with Gasteiger partial charge in [0.1, 0.15) is 5.76 Å². The van der Waals surface area contributed by atoms with Gasteiger partial charge in [-0.15, -0.1) is 0 Å². The van der Waals surface area contributed by atoms with Gasteiger partial charge in [0.05, 0.1) is 19.4 Å². The zero-order valence-corrected chi connectivity index (χ0v) is 19.0. The molecule has 1 heterocycles. The van der Waals surface area contributed by atoms with Crippen LogP contribution in [0.2, 0.25) is 0 Å². The van der Waals surface area contributed by atoms with Gasteiger partial charge in [0.2, 0.25) is 0 Å². The largest absolute Gasteiger partial charge is 0.493 e. The van der Waals surface area contributed by atoms with Crippen molar-refractivity contribution in [3.05, 3.63) is 40.8 Å². The van der Waals surface area contributed by atoms with Gasteiger partial charge >= 0.3 is 0 Å². The van der Waals surface area contributed by atoms with E-state index < -0.39 is 0 Å². The van der Waals surface area contributed by atoms with Crippen LogP contribution >= 0.6 is 0 Å². The van der Waals surface area contributed by atoms with Crippen molar-refractivity contribution >= 4 is 5.96 Å². The van der Waals surface area contributed by atoms with Crippen LogP contribution < -0.4 is 20.1 Å². The zero-order chi connectivity index (χ0) is 21.8. The molecule has 0 unspecified atom stereocenters. The number of methoxy groups -OCH3 is 1. The number of ether oxygens (including phenoxy) is 2. The molecule has 7 heteroatoms. The molecule has 0 fully saturated rings. The number of rotatable bonds is 12. The van der Waals surface area contributed by atoms with Gasteiger partial charge in [-0.2, -0.15) is 0 Å². The van der Waals surface area contributed by atoms with Crippen LogP contribution in [0.3, 0.4) is 0 Å². The summed E-state index contributed by atoms with van der Waals surface area (Å²) in [5.41, 5.74) is 3.43. The van der Waals surface area contributed by atoms with E-state index in [1.54, 1.807) is 7.11 Å². The topological polar surface area (TPSA) is 80.9 Å². The highest BCUT2D eigenvalue weighted by molar-refractivity contribution is 5.79. The summed E-state index contributed by atoms with van der Waals surface area (Å²) in [6, 6.07) is 6.11. The fourth-order valence-electron chi connectivity index (χ4n) is 3.29. The first kappa shape index (κ1) is 23.6. The van der Waals surface area contributed by atoms with Crippen molar-refractivity contribution in [3.8, 4) is 11.5 Å². The lowest BCUT2D eigenvalue weighted by atomic mass is 10.1. The molecule has 166 valence electrons. The Morgan fingerprint density at radius 2 is 1.93 bits per heavy atom. The number of benzene rings is 1. The van der Waals surface area contributed by atoms with Crippen molar-refractivity contribution in [1.82, 2.24) is 15.8 Å². The van der Waals surface area contributed by atoms with E-state index in [1.165, 1.54) is 11.1 Å². The Balaban J connectivity index is 1.78. The van der Waals surface area contributed by atoms with E-state index in [2.05, 4.69) is 34.8 Å². The number of nitrogens with one attached hydrogen (secondary N) is 2. The minimum Gasteiger partial charge on any atom is -0.493 e. The maximum absolute atomic E-state index is 5.66. The van der Waals surface area contributed by atoms with Crippen molar-refractivity contribution in [2.45, 2.75) is 53.4 Å². The Hall–Kier alpha value is -2.70. The molecule has 0 bridgehead atoms. The standard InChI is InChI=1S/C23H36N4O3/c1-6-24-23(26-15-9-11-20-17(3)27-30-18(20)4)25-14-8-10-19-12-13-21(28-5)22(16-19)29-7-2/h12-13,16H,6-11,14-15H2,1-5H3,(H2,24,25,26). The van der Waals surface area contributed by atoms with Crippen LogP contribution in [0, 0.1) is 13.8 Å². The van der Waals surface area contributed by atoms with Crippen LogP contribution in [-0.4, -0.2) is 44.5 Å². The van der Waals surface area contributed by atoms with Crippen LogP contribution in [0.15, 0.2) is 27.7 Å². The first-order chi connectivity index (χ1) is 14.6. The van der Waals surface area contributed by atoms with E-state index in [4.69, 9.17) is 19.0 Å². The third-order valence-electron chi connectivity index (χ3n) is 4.84. The molecular formula is C23H36N4O3. The Labute approximate surface area is 180 Å². The third-order valence-corrected chi connectivity index (χ3v) is 4.84. The quantitative estimate of drug-likeness (QED) is 0.311. The summed E-state index contributed by atoms with van der Waals surface area (Å²) < 4.78 is 16.2. The second-order valence-corrected chi connectivity index (χ2v) is 7.12. The van der Waals surface area contributed by atoms with Gasteiger partial charge in [-0.05, 0) is 71.1 Å². The number of hydrogen-bond donors (Lipinski definition) is 2. The third kappa shape index (κ3) is 7.28. The van der Waals surface area contributed by atoms with Crippen molar-refractivity contribution in [2.75, 3.05) is 33.4 Å². The van der Waals surface area contributed by atoms with Crippen molar-refractivity contribution < 1.29 is 14.0 Å². The Bertz CT molecular complexity index is 782. The van der Waals surface area contributed by atoms with E-state index in [9.17, 15) is 0 Å². The highest BCUT2D eigenvalue weighted by atomic mass is 16.5. The lowest BCUT2D eigenvalue weighted by Crippen LogP contribution is -2.38. The van der Waals surface area contributed by atoms with Gasteiger partial charge in [0.15, 0.2) is 17.5 Å². The number of aliphatic imine (C=N–C) groups is 1. The Morgan fingerprint density at radius 1 is 1.10 bits per heavy atom. The maximum Gasteiger partial charge on any atom is 0.191 e. The Kier molecular flexibility index (Phi) is 10.0. The molecule has 0 radical (unpaired) electrons. The number of guanidine groups is 1. The van der Waals surface area contributed by atoms with E-state index >= 15 is 0 Å². The average Bonchev–Trinajstić information content (AvgIpc) is 3.06. The van der Waals surface area contributed by atoms with Crippen molar-refractivity contribution in [3.63, 3.8) is 0 Å². The van der Waals surface area contributed by atoms with E-state index in [1.807, 2.05) is 26.8 Å². The second-order valence-electron chi connectivity index (χ2n) is 7.12. The molecule has 2 aromatic rings. The molecule has 7 nitrogen and oxygen atoms in total. The number of nitrogens with zero attached hydrogens (tertiary/aromatic N) is 2. The van der Waals surface area contributed by atoms with Gasteiger partial charge in [-0.3, -0.25) is 4.99 Å². The maximum atomic E-state index is 5.66. The minimum absolute atomic E-state index is 0.623. The van der Waals surface area contributed by atoms with E-state index in [0.717, 1.165) is 74.2 Å². The molecule has 0 atom stereocenters. The minimum atomic E-state index is 0.623. The van der Waals surface area contributed by atoms with Crippen LogP contribution in [0.5, 0.6) is 11.5 Å².